The molecule has 3 rings (SSSR count). The van der Waals surface area contributed by atoms with Crippen LogP contribution in [0.2, 0.25) is 0 Å². The lowest BCUT2D eigenvalue weighted by Gasteiger charge is -2.06. The van der Waals surface area contributed by atoms with Crippen molar-refractivity contribution < 1.29 is 18.3 Å². The van der Waals surface area contributed by atoms with Crippen LogP contribution in [0.5, 0.6) is 0 Å². The minimum atomic E-state index is -2.67. The summed E-state index contributed by atoms with van der Waals surface area (Å²) in [6, 6.07) is 2.76. The van der Waals surface area contributed by atoms with Gasteiger partial charge in [-0.2, -0.15) is 5.10 Å². The maximum Gasteiger partial charge on any atom is 0.358 e. The third-order valence-corrected chi connectivity index (χ3v) is 3.18. The molecule has 0 radical (unpaired) electrons. The minimum absolute atomic E-state index is 0.00537. The number of hydrogen-bond donors (Lipinski definition) is 0. The molecule has 1 aliphatic rings. The summed E-state index contributed by atoms with van der Waals surface area (Å²) < 4.78 is 32.1. The van der Waals surface area contributed by atoms with Crippen LogP contribution in [0.3, 0.4) is 0 Å². The number of ether oxygens (including phenoxy) is 1. The molecule has 106 valence electrons. The Morgan fingerprint density at radius 1 is 1.50 bits per heavy atom. The molecule has 1 saturated carbocycles. The Balaban J connectivity index is 2.10. The molecule has 0 unspecified atom stereocenters. The molecule has 0 aromatic carbocycles. The van der Waals surface area contributed by atoms with E-state index >= 15 is 0 Å². The molecule has 1 aliphatic carbocycles. The average Bonchev–Trinajstić information content (AvgIpc) is 3.16. The predicted octanol–water partition coefficient (Wildman–Crippen LogP) is 2.72. The van der Waals surface area contributed by atoms with Gasteiger partial charge in [-0.15, -0.1) is 0 Å². The average molecular weight is 281 g/mol. The Labute approximate surface area is 113 Å². The molecule has 2 aromatic heterocycles. The fourth-order valence-electron chi connectivity index (χ4n) is 2.07. The Kier molecular flexibility index (Phi) is 3.11. The molecule has 0 spiro atoms. The summed E-state index contributed by atoms with van der Waals surface area (Å²) in [5.74, 6) is -0.385. The van der Waals surface area contributed by atoms with E-state index in [-0.39, 0.29) is 29.6 Å². The normalized spacial score (nSPS) is 15.0. The van der Waals surface area contributed by atoms with Crippen molar-refractivity contribution in [1.29, 1.82) is 0 Å². The first-order chi connectivity index (χ1) is 9.60. The van der Waals surface area contributed by atoms with E-state index in [0.717, 1.165) is 17.4 Å². The van der Waals surface area contributed by atoms with Crippen LogP contribution in [0.25, 0.3) is 5.65 Å². The highest BCUT2D eigenvalue weighted by Crippen LogP contribution is 2.40. The number of carbonyl (C=O) groups is 1. The van der Waals surface area contributed by atoms with Crippen molar-refractivity contribution in [3.63, 3.8) is 0 Å². The highest BCUT2D eigenvalue weighted by atomic mass is 19.3. The fraction of sp³-hybridized carbons (Fsp3) is 0.462. The second-order valence-corrected chi connectivity index (χ2v) is 4.70. The third kappa shape index (κ3) is 2.23. The highest BCUT2D eigenvalue weighted by molar-refractivity contribution is 5.88. The molecule has 0 aliphatic heterocycles. The van der Waals surface area contributed by atoms with E-state index < -0.39 is 12.4 Å². The first kappa shape index (κ1) is 13.0. The van der Waals surface area contributed by atoms with Gasteiger partial charge in [0.2, 0.25) is 0 Å². The van der Waals surface area contributed by atoms with Crippen LogP contribution < -0.4 is 0 Å². The van der Waals surface area contributed by atoms with E-state index in [2.05, 4.69) is 10.1 Å². The SMILES string of the molecule is CCOC(=O)c1cc2nc(C3CC3)cc(C(F)F)n2n1. The molecular formula is C13H13F2N3O2. The number of aromatic nitrogens is 3. The number of alkyl halides is 2. The molecular weight excluding hydrogens is 268 g/mol. The van der Waals surface area contributed by atoms with Gasteiger partial charge in [-0.3, -0.25) is 0 Å². The molecule has 7 heteroatoms. The molecule has 0 saturated heterocycles. The van der Waals surface area contributed by atoms with Gasteiger partial charge in [-0.25, -0.2) is 23.1 Å². The Bertz CT molecular complexity index is 665. The molecule has 2 heterocycles. The Morgan fingerprint density at radius 2 is 2.25 bits per heavy atom. The van der Waals surface area contributed by atoms with E-state index in [1.54, 1.807) is 6.92 Å². The molecule has 20 heavy (non-hydrogen) atoms. The van der Waals surface area contributed by atoms with Gasteiger partial charge in [0, 0.05) is 17.7 Å². The monoisotopic (exact) mass is 281 g/mol. The maximum atomic E-state index is 13.1. The second-order valence-electron chi connectivity index (χ2n) is 4.70. The number of nitrogens with zero attached hydrogens (tertiary/aromatic N) is 3. The van der Waals surface area contributed by atoms with Crippen molar-refractivity contribution in [2.24, 2.45) is 0 Å². The van der Waals surface area contributed by atoms with Crippen molar-refractivity contribution >= 4 is 11.6 Å². The lowest BCUT2D eigenvalue weighted by Crippen LogP contribution is -2.07. The molecule has 0 bridgehead atoms. The van der Waals surface area contributed by atoms with Crippen molar-refractivity contribution in [3.05, 3.63) is 29.2 Å². The van der Waals surface area contributed by atoms with Crippen molar-refractivity contribution in [2.45, 2.75) is 32.1 Å². The number of hydrogen-bond acceptors (Lipinski definition) is 4. The van der Waals surface area contributed by atoms with Gasteiger partial charge in [-0.05, 0) is 25.8 Å². The van der Waals surface area contributed by atoms with Gasteiger partial charge in [0.15, 0.2) is 11.3 Å². The quantitative estimate of drug-likeness (QED) is 0.808. The summed E-state index contributed by atoms with van der Waals surface area (Å²) in [4.78, 5) is 15.9. The largest absolute Gasteiger partial charge is 0.461 e. The van der Waals surface area contributed by atoms with Crippen LogP contribution in [-0.2, 0) is 4.74 Å². The van der Waals surface area contributed by atoms with Crippen LogP contribution in [-0.4, -0.2) is 27.2 Å². The Morgan fingerprint density at radius 3 is 2.85 bits per heavy atom. The van der Waals surface area contributed by atoms with Crippen molar-refractivity contribution in [1.82, 2.24) is 14.6 Å². The van der Waals surface area contributed by atoms with Crippen LogP contribution in [0.4, 0.5) is 8.78 Å². The van der Waals surface area contributed by atoms with Crippen LogP contribution in [0.1, 0.15) is 54.0 Å². The Hall–Kier alpha value is -2.05. The zero-order valence-corrected chi connectivity index (χ0v) is 10.8. The van der Waals surface area contributed by atoms with Gasteiger partial charge >= 0.3 is 5.97 Å². The predicted molar refractivity (Wildman–Crippen MR) is 65.9 cm³/mol. The smallest absolute Gasteiger partial charge is 0.358 e. The molecule has 5 nitrogen and oxygen atoms in total. The van der Waals surface area contributed by atoms with Crippen molar-refractivity contribution in [3.8, 4) is 0 Å². The number of fused-ring (bicyclic) bond motifs is 1. The molecule has 0 N–H and O–H groups in total. The van der Waals surface area contributed by atoms with E-state index in [4.69, 9.17) is 4.74 Å². The van der Waals surface area contributed by atoms with Crippen LogP contribution in [0, 0.1) is 0 Å². The molecule has 0 amide bonds. The van der Waals surface area contributed by atoms with Gasteiger partial charge in [0.25, 0.3) is 6.43 Å². The number of halogens is 2. The van der Waals surface area contributed by atoms with E-state index in [1.807, 2.05) is 0 Å². The van der Waals surface area contributed by atoms with E-state index in [9.17, 15) is 13.6 Å². The lowest BCUT2D eigenvalue weighted by molar-refractivity contribution is 0.0518. The van der Waals surface area contributed by atoms with E-state index in [0.29, 0.717) is 5.69 Å². The molecule has 2 aromatic rings. The second kappa shape index (κ2) is 4.81. The van der Waals surface area contributed by atoms with Gasteiger partial charge in [0.1, 0.15) is 5.69 Å². The first-order valence-corrected chi connectivity index (χ1v) is 6.46. The zero-order chi connectivity index (χ0) is 14.3. The number of esters is 1. The summed E-state index contributed by atoms with van der Waals surface area (Å²) in [7, 11) is 0. The maximum absolute atomic E-state index is 13.1. The number of carbonyl (C=O) groups excluding carboxylic acids is 1. The van der Waals surface area contributed by atoms with E-state index in [1.165, 1.54) is 12.1 Å². The third-order valence-electron chi connectivity index (χ3n) is 3.18. The summed E-state index contributed by atoms with van der Waals surface area (Å²) >= 11 is 0. The van der Waals surface area contributed by atoms with Gasteiger partial charge < -0.3 is 4.74 Å². The minimum Gasteiger partial charge on any atom is -0.461 e. The van der Waals surface area contributed by atoms with Gasteiger partial charge in [0.05, 0.1) is 6.61 Å². The first-order valence-electron chi connectivity index (χ1n) is 6.46. The number of rotatable bonds is 4. The summed E-state index contributed by atoms with van der Waals surface area (Å²) in [5.41, 5.74) is 0.650. The van der Waals surface area contributed by atoms with Crippen LogP contribution >= 0.6 is 0 Å². The molecule has 1 fully saturated rings. The van der Waals surface area contributed by atoms with Crippen molar-refractivity contribution in [2.75, 3.05) is 6.61 Å². The topological polar surface area (TPSA) is 56.5 Å². The molecule has 0 atom stereocenters. The summed E-state index contributed by atoms with van der Waals surface area (Å²) in [6.45, 7) is 1.87. The van der Waals surface area contributed by atoms with Gasteiger partial charge in [-0.1, -0.05) is 0 Å². The summed E-state index contributed by atoms with van der Waals surface area (Å²) in [6.07, 6.45) is -0.747. The standard InChI is InChI=1S/C13H13F2N3O2/c1-2-20-13(19)9-6-11-16-8(7-3-4-7)5-10(12(14)15)18(11)17-9/h5-7,12H,2-4H2,1H3. The fourth-order valence-corrected chi connectivity index (χ4v) is 2.07. The lowest BCUT2D eigenvalue weighted by atomic mass is 10.2. The van der Waals surface area contributed by atoms with Crippen LogP contribution in [0.15, 0.2) is 12.1 Å². The highest BCUT2D eigenvalue weighted by Gasteiger charge is 2.28. The zero-order valence-electron chi connectivity index (χ0n) is 10.8. The summed E-state index contributed by atoms with van der Waals surface area (Å²) in [5, 5.41) is 3.87.